The van der Waals surface area contributed by atoms with E-state index >= 15 is 0 Å². The number of nitriles is 1. The average Bonchev–Trinajstić information content (AvgIpc) is 2.90. The third-order valence-electron chi connectivity index (χ3n) is 3.86. The molecule has 2 aromatic rings. The zero-order valence-electron chi connectivity index (χ0n) is 12.3. The van der Waals surface area contributed by atoms with Crippen molar-refractivity contribution in [1.29, 1.82) is 5.26 Å². The minimum atomic E-state index is -0.384. The maximum Gasteiger partial charge on any atom is 0.106 e. The summed E-state index contributed by atoms with van der Waals surface area (Å²) in [5.41, 5.74) is 1.81. The van der Waals surface area contributed by atoms with Crippen LogP contribution in [0.3, 0.4) is 0 Å². The largest absolute Gasteiger partial charge is 0.331 e. The molecule has 0 saturated heterocycles. The Morgan fingerprint density at radius 3 is 2.85 bits per heavy atom. The van der Waals surface area contributed by atoms with Gasteiger partial charge in [-0.15, -0.1) is 0 Å². The number of imidazole rings is 1. The Morgan fingerprint density at radius 1 is 1.35 bits per heavy atom. The van der Waals surface area contributed by atoms with Crippen LogP contribution in [0.1, 0.15) is 33.1 Å². The number of fused-ring (bicyclic) bond motifs is 1. The van der Waals surface area contributed by atoms with Crippen molar-refractivity contribution in [2.75, 3.05) is 6.54 Å². The van der Waals surface area contributed by atoms with E-state index in [4.69, 9.17) is 0 Å². The number of hydrogen-bond donors (Lipinski definition) is 1. The van der Waals surface area contributed by atoms with Crippen LogP contribution in [0.15, 0.2) is 30.6 Å². The van der Waals surface area contributed by atoms with Crippen LogP contribution in [0, 0.1) is 11.3 Å². The zero-order chi connectivity index (χ0) is 14.4. The van der Waals surface area contributed by atoms with Gasteiger partial charge in [0, 0.05) is 6.54 Å². The zero-order valence-corrected chi connectivity index (χ0v) is 12.3. The van der Waals surface area contributed by atoms with E-state index in [1.54, 1.807) is 0 Å². The minimum absolute atomic E-state index is 0.384. The summed E-state index contributed by atoms with van der Waals surface area (Å²) in [5.74, 6) is 0. The van der Waals surface area contributed by atoms with Gasteiger partial charge in [0.15, 0.2) is 0 Å². The summed E-state index contributed by atoms with van der Waals surface area (Å²) in [6, 6.07) is 10.6. The predicted molar refractivity (Wildman–Crippen MR) is 81.3 cm³/mol. The highest BCUT2D eigenvalue weighted by atomic mass is 15.0. The number of benzene rings is 1. The van der Waals surface area contributed by atoms with Gasteiger partial charge in [0.05, 0.1) is 23.4 Å². The summed E-state index contributed by atoms with van der Waals surface area (Å²) in [7, 11) is 0. The summed E-state index contributed by atoms with van der Waals surface area (Å²) in [4.78, 5) is 4.39. The average molecular weight is 270 g/mol. The van der Waals surface area contributed by atoms with E-state index in [1.807, 2.05) is 31.5 Å². The smallest absolute Gasteiger partial charge is 0.106 e. The maximum absolute atomic E-state index is 9.40. The molecule has 1 aromatic heterocycles. The third-order valence-corrected chi connectivity index (χ3v) is 3.86. The van der Waals surface area contributed by atoms with Gasteiger partial charge < -0.3 is 4.57 Å². The Kier molecular flexibility index (Phi) is 4.75. The monoisotopic (exact) mass is 270 g/mol. The van der Waals surface area contributed by atoms with E-state index in [0.29, 0.717) is 0 Å². The van der Waals surface area contributed by atoms with Gasteiger partial charge in [0.1, 0.15) is 5.54 Å². The van der Waals surface area contributed by atoms with Crippen LogP contribution in [-0.2, 0) is 6.54 Å². The van der Waals surface area contributed by atoms with Crippen molar-refractivity contribution in [2.45, 2.75) is 45.2 Å². The first kappa shape index (κ1) is 14.5. The van der Waals surface area contributed by atoms with E-state index in [-0.39, 0.29) is 5.54 Å². The molecule has 0 bridgehead atoms. The first-order chi connectivity index (χ1) is 9.74. The van der Waals surface area contributed by atoms with Gasteiger partial charge in [-0.2, -0.15) is 5.26 Å². The van der Waals surface area contributed by atoms with Crippen molar-refractivity contribution in [3.8, 4) is 6.07 Å². The normalized spacial score (nSPS) is 14.1. The number of rotatable bonds is 7. The molecule has 0 aliphatic rings. The topological polar surface area (TPSA) is 53.6 Å². The Hall–Kier alpha value is -1.86. The molecule has 0 aliphatic heterocycles. The molecule has 1 N–H and O–H groups in total. The van der Waals surface area contributed by atoms with Crippen molar-refractivity contribution >= 4 is 11.0 Å². The van der Waals surface area contributed by atoms with E-state index in [0.717, 1.165) is 43.4 Å². The summed E-state index contributed by atoms with van der Waals surface area (Å²) in [6.45, 7) is 5.84. The lowest BCUT2D eigenvalue weighted by Crippen LogP contribution is -2.43. The lowest BCUT2D eigenvalue weighted by Gasteiger charge is -2.26. The van der Waals surface area contributed by atoms with Gasteiger partial charge in [-0.05, 0) is 37.9 Å². The van der Waals surface area contributed by atoms with Crippen LogP contribution >= 0.6 is 0 Å². The third kappa shape index (κ3) is 3.00. The highest BCUT2D eigenvalue weighted by molar-refractivity contribution is 5.74. The number of aromatic nitrogens is 2. The fraction of sp³-hybridized carbons (Fsp3) is 0.500. The van der Waals surface area contributed by atoms with Gasteiger partial charge in [0.25, 0.3) is 0 Å². The van der Waals surface area contributed by atoms with E-state index in [2.05, 4.69) is 33.9 Å². The quantitative estimate of drug-likeness (QED) is 0.841. The molecule has 0 amide bonds. The minimum Gasteiger partial charge on any atom is -0.331 e. The Balaban J connectivity index is 2.00. The van der Waals surface area contributed by atoms with E-state index in [9.17, 15) is 5.26 Å². The second-order valence-electron chi connectivity index (χ2n) is 5.11. The van der Waals surface area contributed by atoms with Crippen molar-refractivity contribution in [2.24, 2.45) is 0 Å². The highest BCUT2D eigenvalue weighted by Crippen LogP contribution is 2.18. The lowest BCUT2D eigenvalue weighted by atomic mass is 9.92. The summed E-state index contributed by atoms with van der Waals surface area (Å²) in [5, 5.41) is 12.7. The molecule has 0 aliphatic carbocycles. The molecule has 1 atom stereocenters. The summed E-state index contributed by atoms with van der Waals surface area (Å²) >= 11 is 0. The number of nitrogens with one attached hydrogen (secondary N) is 1. The molecule has 4 nitrogen and oxygen atoms in total. The molecule has 0 fully saturated rings. The first-order valence-electron chi connectivity index (χ1n) is 7.31. The van der Waals surface area contributed by atoms with Gasteiger partial charge >= 0.3 is 0 Å². The van der Waals surface area contributed by atoms with Crippen molar-refractivity contribution in [3.63, 3.8) is 0 Å². The van der Waals surface area contributed by atoms with Crippen molar-refractivity contribution in [1.82, 2.24) is 14.9 Å². The van der Waals surface area contributed by atoms with Crippen LogP contribution in [0.5, 0.6) is 0 Å². The first-order valence-corrected chi connectivity index (χ1v) is 7.31. The molecule has 2 rings (SSSR count). The molecule has 4 heteroatoms. The molecule has 0 radical (unpaired) electrons. The molecule has 0 spiro atoms. The molecular formula is C16H22N4. The maximum atomic E-state index is 9.40. The molecule has 0 saturated carbocycles. The van der Waals surface area contributed by atoms with Crippen LogP contribution in [0.25, 0.3) is 11.0 Å². The van der Waals surface area contributed by atoms with Crippen LogP contribution < -0.4 is 5.32 Å². The summed E-state index contributed by atoms with van der Waals surface area (Å²) < 4.78 is 2.17. The highest BCUT2D eigenvalue weighted by Gasteiger charge is 2.25. The van der Waals surface area contributed by atoms with Gasteiger partial charge in [-0.25, -0.2) is 4.98 Å². The number of hydrogen-bond acceptors (Lipinski definition) is 3. The molecule has 20 heavy (non-hydrogen) atoms. The van der Waals surface area contributed by atoms with E-state index < -0.39 is 0 Å². The number of nitrogens with zero attached hydrogens (tertiary/aromatic N) is 3. The molecule has 1 heterocycles. The molecule has 1 unspecified atom stereocenters. The lowest BCUT2D eigenvalue weighted by molar-refractivity contribution is 0.363. The van der Waals surface area contributed by atoms with Gasteiger partial charge in [0.2, 0.25) is 0 Å². The van der Waals surface area contributed by atoms with Crippen LogP contribution in [0.4, 0.5) is 0 Å². The Bertz CT molecular complexity index is 596. The van der Waals surface area contributed by atoms with E-state index in [1.165, 1.54) is 0 Å². The molecule has 1 aromatic carbocycles. The predicted octanol–water partition coefficient (Wildman–Crippen LogP) is 3.10. The SMILES string of the molecule is CCNC(C#N)(CC)CCCn1cnc2ccccc21. The second-order valence-corrected chi connectivity index (χ2v) is 5.11. The van der Waals surface area contributed by atoms with Crippen molar-refractivity contribution in [3.05, 3.63) is 30.6 Å². The molecule has 106 valence electrons. The standard InChI is InChI=1S/C16H22N4/c1-3-16(12-17,19-4-2)10-7-11-20-13-18-14-8-5-6-9-15(14)20/h5-6,8-9,13,19H,3-4,7,10-11H2,1-2H3. The fourth-order valence-corrected chi connectivity index (χ4v) is 2.64. The summed E-state index contributed by atoms with van der Waals surface area (Å²) in [6.07, 6.45) is 4.55. The van der Waals surface area contributed by atoms with Crippen molar-refractivity contribution < 1.29 is 0 Å². The number of aryl methyl sites for hydroxylation is 1. The fourth-order valence-electron chi connectivity index (χ4n) is 2.64. The molecular weight excluding hydrogens is 248 g/mol. The van der Waals surface area contributed by atoms with Gasteiger partial charge in [-0.3, -0.25) is 5.32 Å². The number of para-hydroxylation sites is 2. The van der Waals surface area contributed by atoms with Crippen LogP contribution in [-0.4, -0.2) is 21.6 Å². The van der Waals surface area contributed by atoms with Gasteiger partial charge in [-0.1, -0.05) is 26.0 Å². The Labute approximate surface area is 120 Å². The second kappa shape index (κ2) is 6.53. The van der Waals surface area contributed by atoms with Crippen LogP contribution in [0.2, 0.25) is 0 Å². The Morgan fingerprint density at radius 2 is 2.15 bits per heavy atom.